The summed E-state index contributed by atoms with van der Waals surface area (Å²) in [6, 6.07) is 0.901. The van der Waals surface area contributed by atoms with Crippen LogP contribution in [-0.4, -0.2) is 23.1 Å². The molecule has 19 heavy (non-hydrogen) atoms. The number of rotatable bonds is 4. The molecule has 0 aliphatic rings. The summed E-state index contributed by atoms with van der Waals surface area (Å²) in [4.78, 5) is 21.7. The second-order valence-corrected chi connectivity index (χ2v) is 4.07. The summed E-state index contributed by atoms with van der Waals surface area (Å²) in [5.41, 5.74) is 5.46. The molecule has 0 atom stereocenters. The number of phenolic OH excluding ortho intramolecular Hbond substituents is 1. The minimum atomic E-state index is -0.872. The SMILES string of the molecule is C=C(C)Cc1c(N)c([N+](=O)[O-])cc(C(=O)OC)c1O. The van der Waals surface area contributed by atoms with Crippen LogP contribution in [-0.2, 0) is 11.2 Å². The third-order valence-electron chi connectivity index (χ3n) is 2.50. The van der Waals surface area contributed by atoms with Gasteiger partial charge in [0.25, 0.3) is 5.69 Å². The monoisotopic (exact) mass is 266 g/mol. The summed E-state index contributed by atoms with van der Waals surface area (Å²) >= 11 is 0. The normalized spacial score (nSPS) is 10.0. The smallest absolute Gasteiger partial charge is 0.341 e. The highest BCUT2D eigenvalue weighted by molar-refractivity contribution is 5.95. The second-order valence-electron chi connectivity index (χ2n) is 4.07. The fourth-order valence-electron chi connectivity index (χ4n) is 1.62. The summed E-state index contributed by atoms with van der Waals surface area (Å²) < 4.78 is 4.47. The quantitative estimate of drug-likeness (QED) is 0.282. The van der Waals surface area contributed by atoms with Gasteiger partial charge >= 0.3 is 5.97 Å². The van der Waals surface area contributed by atoms with E-state index in [1.807, 2.05) is 0 Å². The van der Waals surface area contributed by atoms with Gasteiger partial charge in [-0.05, 0) is 13.3 Å². The van der Waals surface area contributed by atoms with Crippen molar-refractivity contribution >= 4 is 17.3 Å². The van der Waals surface area contributed by atoms with Crippen molar-refractivity contribution in [3.8, 4) is 5.75 Å². The fraction of sp³-hybridized carbons (Fsp3) is 0.250. The van der Waals surface area contributed by atoms with E-state index in [-0.39, 0.29) is 23.2 Å². The van der Waals surface area contributed by atoms with Crippen molar-refractivity contribution in [3.05, 3.63) is 39.5 Å². The number of carbonyl (C=O) groups excluding carboxylic acids is 1. The van der Waals surface area contributed by atoms with Gasteiger partial charge in [0.15, 0.2) is 0 Å². The third kappa shape index (κ3) is 2.82. The van der Waals surface area contributed by atoms with Crippen LogP contribution in [0.15, 0.2) is 18.2 Å². The van der Waals surface area contributed by atoms with E-state index in [9.17, 15) is 20.0 Å². The fourth-order valence-corrected chi connectivity index (χ4v) is 1.62. The van der Waals surface area contributed by atoms with Crippen molar-refractivity contribution in [2.24, 2.45) is 0 Å². The minimum Gasteiger partial charge on any atom is -0.507 e. The van der Waals surface area contributed by atoms with E-state index in [0.29, 0.717) is 5.57 Å². The number of aromatic hydroxyl groups is 1. The molecule has 0 saturated carbocycles. The van der Waals surface area contributed by atoms with Crippen molar-refractivity contribution in [2.75, 3.05) is 12.8 Å². The van der Waals surface area contributed by atoms with Gasteiger partial charge in [-0.15, -0.1) is 0 Å². The van der Waals surface area contributed by atoms with E-state index in [0.717, 1.165) is 13.2 Å². The van der Waals surface area contributed by atoms with E-state index in [2.05, 4.69) is 11.3 Å². The van der Waals surface area contributed by atoms with Crippen LogP contribution in [0.4, 0.5) is 11.4 Å². The number of methoxy groups -OCH3 is 1. The average Bonchev–Trinajstić information content (AvgIpc) is 2.33. The summed E-state index contributed by atoms with van der Waals surface area (Å²) in [5, 5.41) is 20.9. The molecule has 0 bridgehead atoms. The number of nitro benzene ring substituents is 1. The molecule has 1 aromatic rings. The van der Waals surface area contributed by atoms with Crippen LogP contribution in [0.5, 0.6) is 5.75 Å². The Hall–Kier alpha value is -2.57. The molecule has 1 rings (SSSR count). The summed E-state index contributed by atoms with van der Waals surface area (Å²) in [5.74, 6) is -1.29. The third-order valence-corrected chi connectivity index (χ3v) is 2.50. The molecule has 0 aliphatic heterocycles. The summed E-state index contributed by atoms with van der Waals surface area (Å²) in [6.45, 7) is 5.33. The lowest BCUT2D eigenvalue weighted by Crippen LogP contribution is -2.08. The van der Waals surface area contributed by atoms with Crippen LogP contribution >= 0.6 is 0 Å². The number of phenols is 1. The molecule has 0 amide bonds. The standard InChI is InChI=1S/C12H14N2O5/c1-6(2)4-7-10(13)9(14(17)18)5-8(11(7)15)12(16)19-3/h5,15H,1,4,13H2,2-3H3. The van der Waals surface area contributed by atoms with E-state index in [1.54, 1.807) is 6.92 Å². The lowest BCUT2D eigenvalue weighted by atomic mass is 9.99. The first kappa shape index (κ1) is 14.5. The molecular weight excluding hydrogens is 252 g/mol. The van der Waals surface area contributed by atoms with Crippen molar-refractivity contribution in [1.29, 1.82) is 0 Å². The van der Waals surface area contributed by atoms with Crippen LogP contribution in [0.1, 0.15) is 22.8 Å². The Morgan fingerprint density at radius 3 is 2.63 bits per heavy atom. The zero-order valence-corrected chi connectivity index (χ0v) is 10.6. The number of carbonyl (C=O) groups is 1. The van der Waals surface area contributed by atoms with Gasteiger partial charge in [0.05, 0.1) is 12.0 Å². The molecule has 0 spiro atoms. The number of nitrogens with two attached hydrogens (primary N) is 1. The van der Waals surface area contributed by atoms with Crippen LogP contribution in [0.3, 0.4) is 0 Å². The molecule has 0 radical (unpaired) electrons. The van der Waals surface area contributed by atoms with E-state index in [1.165, 1.54) is 0 Å². The number of nitrogens with zero attached hydrogens (tertiary/aromatic N) is 1. The van der Waals surface area contributed by atoms with E-state index < -0.39 is 22.3 Å². The highest BCUT2D eigenvalue weighted by Gasteiger charge is 2.26. The molecule has 1 aromatic carbocycles. The zero-order chi connectivity index (χ0) is 14.7. The summed E-state index contributed by atoms with van der Waals surface area (Å²) in [6.07, 6.45) is 0.128. The van der Waals surface area contributed by atoms with Gasteiger partial charge in [-0.2, -0.15) is 0 Å². The number of esters is 1. The lowest BCUT2D eigenvalue weighted by Gasteiger charge is -2.12. The Balaban J connectivity index is 3.60. The first-order valence-corrected chi connectivity index (χ1v) is 5.31. The van der Waals surface area contributed by atoms with Crippen LogP contribution in [0.2, 0.25) is 0 Å². The predicted molar refractivity (Wildman–Crippen MR) is 69.0 cm³/mol. The minimum absolute atomic E-state index is 0.0992. The van der Waals surface area contributed by atoms with E-state index in [4.69, 9.17) is 5.73 Å². The van der Waals surface area contributed by atoms with Gasteiger partial charge in [0.2, 0.25) is 0 Å². The molecule has 0 heterocycles. The van der Waals surface area contributed by atoms with Crippen molar-refractivity contribution in [1.82, 2.24) is 0 Å². The first-order valence-electron chi connectivity index (χ1n) is 5.31. The second kappa shape index (κ2) is 5.38. The first-order chi connectivity index (χ1) is 8.79. The van der Waals surface area contributed by atoms with Crippen LogP contribution in [0.25, 0.3) is 0 Å². The molecule has 0 fully saturated rings. The van der Waals surface area contributed by atoms with Crippen LogP contribution in [0, 0.1) is 10.1 Å². The molecule has 0 aromatic heterocycles. The molecule has 0 aliphatic carbocycles. The molecular formula is C12H14N2O5. The number of anilines is 1. The maximum atomic E-state index is 11.5. The van der Waals surface area contributed by atoms with Gasteiger partial charge in [-0.25, -0.2) is 4.79 Å². The molecule has 7 heteroatoms. The molecule has 0 saturated heterocycles. The van der Waals surface area contributed by atoms with Gasteiger partial charge in [-0.3, -0.25) is 10.1 Å². The maximum Gasteiger partial charge on any atom is 0.341 e. The number of ether oxygens (including phenoxy) is 1. The van der Waals surface area contributed by atoms with Gasteiger partial charge in [0.1, 0.15) is 17.0 Å². The van der Waals surface area contributed by atoms with Crippen molar-refractivity contribution in [2.45, 2.75) is 13.3 Å². The number of nitro groups is 1. The van der Waals surface area contributed by atoms with Gasteiger partial charge in [-0.1, -0.05) is 12.2 Å². The average molecular weight is 266 g/mol. The Kier molecular flexibility index (Phi) is 4.11. The zero-order valence-electron chi connectivity index (χ0n) is 10.6. The molecule has 3 N–H and O–H groups in total. The summed E-state index contributed by atoms with van der Waals surface area (Å²) in [7, 11) is 1.11. The number of hydrogen-bond donors (Lipinski definition) is 2. The van der Waals surface area contributed by atoms with Crippen molar-refractivity contribution in [3.63, 3.8) is 0 Å². The largest absolute Gasteiger partial charge is 0.507 e. The van der Waals surface area contributed by atoms with Gasteiger partial charge in [0, 0.05) is 11.6 Å². The number of hydrogen-bond acceptors (Lipinski definition) is 6. The molecule has 7 nitrogen and oxygen atoms in total. The molecule has 102 valence electrons. The highest BCUT2D eigenvalue weighted by atomic mass is 16.6. The predicted octanol–water partition coefficient (Wildman–Crippen LogP) is 1.79. The van der Waals surface area contributed by atoms with Crippen molar-refractivity contribution < 1.29 is 19.6 Å². The number of allylic oxidation sites excluding steroid dienone is 1. The van der Waals surface area contributed by atoms with Gasteiger partial charge < -0.3 is 15.6 Å². The highest BCUT2D eigenvalue weighted by Crippen LogP contribution is 2.37. The van der Waals surface area contributed by atoms with E-state index >= 15 is 0 Å². The topological polar surface area (TPSA) is 116 Å². The number of nitrogen functional groups attached to an aromatic ring is 1. The number of benzene rings is 1. The van der Waals surface area contributed by atoms with Crippen LogP contribution < -0.4 is 5.73 Å². The Morgan fingerprint density at radius 1 is 1.63 bits per heavy atom. The Bertz CT molecular complexity index is 566. The molecule has 0 unspecified atom stereocenters. The maximum absolute atomic E-state index is 11.5. The Morgan fingerprint density at radius 2 is 2.21 bits per heavy atom. The Labute approximate surface area is 109 Å². The lowest BCUT2D eigenvalue weighted by molar-refractivity contribution is -0.384.